The molecule has 1 saturated heterocycles. The molecule has 1 fully saturated rings. The summed E-state index contributed by atoms with van der Waals surface area (Å²) in [5.41, 5.74) is 3.91. The molecule has 0 bridgehead atoms. The van der Waals surface area contributed by atoms with Crippen LogP contribution in [0.1, 0.15) is 10.5 Å². The van der Waals surface area contributed by atoms with Gasteiger partial charge in [0.25, 0.3) is 5.91 Å². The van der Waals surface area contributed by atoms with Gasteiger partial charge in [-0.25, -0.2) is 9.67 Å². The number of amides is 1. The fraction of sp³-hybridized carbons (Fsp3) is 0.250. The molecule has 0 aliphatic carbocycles. The smallest absolute Gasteiger partial charge is 0.275 e. The first kappa shape index (κ1) is 24.6. The summed E-state index contributed by atoms with van der Waals surface area (Å²) in [6, 6.07) is 9.71. The maximum absolute atomic E-state index is 13.0. The molecule has 1 aromatic carbocycles. The normalized spacial score (nSPS) is 13.5. The average Bonchev–Trinajstić information content (AvgIpc) is 3.61. The van der Waals surface area contributed by atoms with E-state index in [0.29, 0.717) is 29.7 Å². The molecule has 3 aromatic heterocycles. The summed E-state index contributed by atoms with van der Waals surface area (Å²) in [6.45, 7) is 4.59. The zero-order valence-electron chi connectivity index (χ0n) is 19.3. The van der Waals surface area contributed by atoms with Gasteiger partial charge in [-0.2, -0.15) is 5.10 Å². The lowest BCUT2D eigenvalue weighted by Gasteiger charge is -2.30. The van der Waals surface area contributed by atoms with Gasteiger partial charge in [0.2, 0.25) is 5.13 Å². The lowest BCUT2D eigenvalue weighted by atomic mass is 10.1. The third-order valence-corrected chi connectivity index (χ3v) is 6.89. The van der Waals surface area contributed by atoms with E-state index in [1.165, 1.54) is 11.3 Å². The zero-order chi connectivity index (χ0) is 24.7. The Labute approximate surface area is 226 Å². The number of aromatic nitrogens is 4. The van der Waals surface area contributed by atoms with Crippen molar-refractivity contribution in [3.8, 4) is 22.0 Å². The quantitative estimate of drug-likeness (QED) is 0.216. The summed E-state index contributed by atoms with van der Waals surface area (Å²) in [5.74, 6) is 0.502. The maximum atomic E-state index is 13.0. The van der Waals surface area contributed by atoms with E-state index in [1.807, 2.05) is 59.5 Å². The van der Waals surface area contributed by atoms with Crippen molar-refractivity contribution in [1.29, 1.82) is 0 Å². The topological polar surface area (TPSA) is 106 Å². The van der Waals surface area contributed by atoms with Crippen LogP contribution in [0.15, 0.2) is 60.5 Å². The van der Waals surface area contributed by atoms with Gasteiger partial charge in [0.15, 0.2) is 0 Å². The van der Waals surface area contributed by atoms with Gasteiger partial charge in [-0.3, -0.25) is 9.78 Å². The first-order valence-corrected chi connectivity index (χ1v) is 13.2. The number of nitrogens with one attached hydrogen (secondary N) is 2. The van der Waals surface area contributed by atoms with Gasteiger partial charge in [0.1, 0.15) is 41.1 Å². The predicted octanol–water partition coefficient (Wildman–Crippen LogP) is 3.80. The number of ether oxygens (including phenoxy) is 1. The van der Waals surface area contributed by atoms with E-state index in [0.717, 1.165) is 48.7 Å². The molecule has 0 saturated carbocycles. The predicted molar refractivity (Wildman–Crippen MR) is 147 cm³/mol. The Bertz CT molecular complexity index is 1310. The Hall–Kier alpha value is -3.07. The van der Waals surface area contributed by atoms with E-state index in [9.17, 15) is 4.79 Å². The number of benzene rings is 1. The van der Waals surface area contributed by atoms with Crippen molar-refractivity contribution in [2.24, 2.45) is 0 Å². The van der Waals surface area contributed by atoms with Crippen molar-refractivity contribution >= 4 is 51.6 Å². The third kappa shape index (κ3) is 5.83. The Morgan fingerprint density at radius 3 is 2.75 bits per heavy atom. The van der Waals surface area contributed by atoms with Crippen LogP contribution < -0.4 is 20.3 Å². The van der Waals surface area contributed by atoms with Gasteiger partial charge in [0.05, 0.1) is 30.4 Å². The van der Waals surface area contributed by atoms with E-state index in [4.69, 9.17) is 7.80 Å². The monoisotopic (exact) mass is 617 g/mol. The molecule has 5 rings (SSSR count). The van der Waals surface area contributed by atoms with Gasteiger partial charge in [-0.15, -0.1) is 11.3 Å². The molecule has 4 aromatic rings. The molecule has 186 valence electrons. The highest BCUT2D eigenvalue weighted by Crippen LogP contribution is 2.27. The summed E-state index contributed by atoms with van der Waals surface area (Å²) in [4.78, 5) is 23.9. The van der Waals surface area contributed by atoms with Crippen molar-refractivity contribution in [1.82, 2.24) is 25.1 Å². The lowest BCUT2D eigenvalue weighted by molar-refractivity contribution is 0.102. The van der Waals surface area contributed by atoms with Crippen LogP contribution in [-0.4, -0.2) is 65.0 Å². The third-order valence-electron chi connectivity index (χ3n) is 5.62. The standard InChI is InChI=1S/C24H24IN7O3S/c25-35-12-11-34-19-3-1-17(2-4-19)18-13-28-32(15-18)24-30-21(16-36-24)23(33)29-20-14-27-6-5-22(20)31-9-7-26-8-10-31/h1-6,13-16,26H,7-12H2,(H,29,33). The molecule has 0 atom stereocenters. The molecular formula is C24H24IN7O3S. The van der Waals surface area contributed by atoms with Gasteiger partial charge in [-0.05, 0) is 23.8 Å². The Morgan fingerprint density at radius 2 is 1.94 bits per heavy atom. The summed E-state index contributed by atoms with van der Waals surface area (Å²) in [6.07, 6.45) is 7.08. The van der Waals surface area contributed by atoms with E-state index < -0.39 is 0 Å². The second-order valence-corrected chi connectivity index (χ2v) is 9.42. The molecule has 0 unspecified atom stereocenters. The van der Waals surface area contributed by atoms with Crippen LogP contribution in [0.2, 0.25) is 0 Å². The number of pyridine rings is 1. The Kier molecular flexibility index (Phi) is 8.05. The fourth-order valence-corrected chi connectivity index (χ4v) is 4.75. The number of hydrogen-bond acceptors (Lipinski definition) is 9. The molecule has 12 heteroatoms. The minimum absolute atomic E-state index is 0.280. The van der Waals surface area contributed by atoms with Crippen molar-refractivity contribution in [2.75, 3.05) is 49.6 Å². The van der Waals surface area contributed by atoms with Gasteiger partial charge in [0, 0.05) is 49.5 Å². The van der Waals surface area contributed by atoms with Gasteiger partial charge < -0.3 is 23.3 Å². The van der Waals surface area contributed by atoms with Crippen LogP contribution in [-0.2, 0) is 3.07 Å². The molecule has 0 radical (unpaired) electrons. The first-order chi connectivity index (χ1) is 17.7. The van der Waals surface area contributed by atoms with Crippen molar-refractivity contribution in [2.45, 2.75) is 0 Å². The highest BCUT2D eigenvalue weighted by atomic mass is 127. The second-order valence-electron chi connectivity index (χ2n) is 7.96. The number of hydrogen-bond donors (Lipinski definition) is 2. The molecule has 2 N–H and O–H groups in total. The fourth-order valence-electron chi connectivity index (χ4n) is 3.84. The summed E-state index contributed by atoms with van der Waals surface area (Å²) in [7, 11) is 0. The van der Waals surface area contributed by atoms with Gasteiger partial charge >= 0.3 is 0 Å². The first-order valence-electron chi connectivity index (χ1n) is 11.4. The number of carbonyl (C=O) groups is 1. The SMILES string of the molecule is O=C(Nc1cnccc1N1CCNCC1)c1csc(-n2cc(-c3ccc(OCCOI)cc3)cn2)n1. The maximum Gasteiger partial charge on any atom is 0.275 e. The highest BCUT2D eigenvalue weighted by Gasteiger charge is 2.18. The molecule has 1 aliphatic heterocycles. The molecule has 10 nitrogen and oxygen atoms in total. The van der Waals surface area contributed by atoms with Crippen molar-refractivity contribution in [3.63, 3.8) is 0 Å². The summed E-state index contributed by atoms with van der Waals surface area (Å²) in [5, 5.41) is 13.1. The van der Waals surface area contributed by atoms with E-state index in [-0.39, 0.29) is 5.91 Å². The van der Waals surface area contributed by atoms with Crippen LogP contribution in [0.25, 0.3) is 16.3 Å². The van der Waals surface area contributed by atoms with Crippen molar-refractivity contribution in [3.05, 3.63) is 66.2 Å². The number of thiazole rings is 1. The Morgan fingerprint density at radius 1 is 1.11 bits per heavy atom. The van der Waals surface area contributed by atoms with Crippen LogP contribution in [0.5, 0.6) is 5.75 Å². The number of halogens is 1. The van der Waals surface area contributed by atoms with Crippen LogP contribution >= 0.6 is 34.3 Å². The molecule has 1 amide bonds. The average molecular weight is 617 g/mol. The number of rotatable bonds is 9. The molecule has 1 aliphatic rings. The second kappa shape index (κ2) is 11.8. The number of piperazine rings is 1. The van der Waals surface area contributed by atoms with Crippen molar-refractivity contribution < 1.29 is 12.6 Å². The largest absolute Gasteiger partial charge is 0.491 e. The number of anilines is 2. The Balaban J connectivity index is 1.26. The molecular weight excluding hydrogens is 593 g/mol. The number of nitrogens with zero attached hydrogens (tertiary/aromatic N) is 5. The van der Waals surface area contributed by atoms with Crippen LogP contribution in [0.3, 0.4) is 0 Å². The van der Waals surface area contributed by atoms with Crippen LogP contribution in [0, 0.1) is 0 Å². The summed E-state index contributed by atoms with van der Waals surface area (Å²) < 4.78 is 12.3. The highest BCUT2D eigenvalue weighted by molar-refractivity contribution is 14.1. The molecule has 36 heavy (non-hydrogen) atoms. The van der Waals surface area contributed by atoms with E-state index in [2.05, 4.69) is 30.6 Å². The van der Waals surface area contributed by atoms with Gasteiger partial charge in [-0.1, -0.05) is 12.1 Å². The number of carbonyl (C=O) groups excluding carboxylic acids is 1. The van der Waals surface area contributed by atoms with E-state index in [1.54, 1.807) is 28.7 Å². The lowest BCUT2D eigenvalue weighted by Crippen LogP contribution is -2.43. The van der Waals surface area contributed by atoms with E-state index >= 15 is 0 Å². The van der Waals surface area contributed by atoms with Crippen LogP contribution in [0.4, 0.5) is 11.4 Å². The summed E-state index contributed by atoms with van der Waals surface area (Å²) >= 11 is 3.21. The minimum Gasteiger partial charge on any atom is -0.491 e. The molecule has 4 heterocycles. The minimum atomic E-state index is -0.280. The molecule has 0 spiro atoms. The zero-order valence-corrected chi connectivity index (χ0v) is 22.2.